The van der Waals surface area contributed by atoms with E-state index in [1.807, 2.05) is 0 Å². The minimum absolute atomic E-state index is 0.362. The van der Waals surface area contributed by atoms with Crippen LogP contribution in [0.15, 0.2) is 28.7 Å². The van der Waals surface area contributed by atoms with Crippen LogP contribution >= 0.6 is 15.9 Å². The summed E-state index contributed by atoms with van der Waals surface area (Å²) in [7, 11) is 0. The molecule has 22 heavy (non-hydrogen) atoms. The van der Waals surface area contributed by atoms with Crippen molar-refractivity contribution >= 4 is 33.7 Å². The molecule has 2 N–H and O–H groups in total. The van der Waals surface area contributed by atoms with Gasteiger partial charge in [-0.05, 0) is 43.5 Å². The molecular weight excluding hydrogens is 352 g/mol. The Hall–Kier alpha value is -1.89. The smallest absolute Gasteiger partial charge is 0.338 e. The lowest BCUT2D eigenvalue weighted by atomic mass is 10.0. The van der Waals surface area contributed by atoms with E-state index < -0.39 is 30.4 Å². The maximum atomic E-state index is 12.1. The first-order chi connectivity index (χ1) is 10.5. The first-order valence-corrected chi connectivity index (χ1v) is 7.80. The SMILES string of the molecule is NC(=O)[C@@H]1CCCCN1C(=O)COC(=O)c1ccc(Br)cc1. The van der Waals surface area contributed by atoms with Crippen LogP contribution in [0, 0.1) is 0 Å². The molecule has 1 aliphatic heterocycles. The van der Waals surface area contributed by atoms with Crippen LogP contribution in [0.3, 0.4) is 0 Å². The molecule has 1 atom stereocenters. The van der Waals surface area contributed by atoms with Gasteiger partial charge in [-0.25, -0.2) is 4.79 Å². The number of carbonyl (C=O) groups is 3. The van der Waals surface area contributed by atoms with Gasteiger partial charge in [-0.3, -0.25) is 9.59 Å². The van der Waals surface area contributed by atoms with Crippen LogP contribution in [-0.4, -0.2) is 41.9 Å². The van der Waals surface area contributed by atoms with Crippen molar-refractivity contribution in [3.63, 3.8) is 0 Å². The zero-order valence-electron chi connectivity index (χ0n) is 12.0. The maximum Gasteiger partial charge on any atom is 0.338 e. The van der Waals surface area contributed by atoms with Crippen LogP contribution in [-0.2, 0) is 14.3 Å². The Morgan fingerprint density at radius 3 is 2.55 bits per heavy atom. The van der Waals surface area contributed by atoms with Crippen LogP contribution in [0.1, 0.15) is 29.6 Å². The molecule has 1 fully saturated rings. The van der Waals surface area contributed by atoms with Gasteiger partial charge in [0.25, 0.3) is 5.91 Å². The van der Waals surface area contributed by atoms with Crippen molar-refractivity contribution in [1.82, 2.24) is 4.90 Å². The molecule has 7 heteroatoms. The van der Waals surface area contributed by atoms with Gasteiger partial charge in [0.1, 0.15) is 6.04 Å². The van der Waals surface area contributed by atoms with E-state index in [4.69, 9.17) is 10.5 Å². The molecule has 0 aliphatic carbocycles. The highest BCUT2D eigenvalue weighted by molar-refractivity contribution is 9.10. The molecule has 1 aromatic rings. The van der Waals surface area contributed by atoms with Crippen molar-refractivity contribution in [3.05, 3.63) is 34.3 Å². The Labute approximate surface area is 136 Å². The Balaban J connectivity index is 1.92. The molecule has 1 aliphatic rings. The van der Waals surface area contributed by atoms with E-state index in [-0.39, 0.29) is 0 Å². The lowest BCUT2D eigenvalue weighted by Crippen LogP contribution is -2.51. The molecule has 0 saturated carbocycles. The minimum atomic E-state index is -0.604. The number of hydrogen-bond donors (Lipinski definition) is 1. The Morgan fingerprint density at radius 1 is 1.23 bits per heavy atom. The molecule has 2 amide bonds. The molecule has 1 aromatic carbocycles. The van der Waals surface area contributed by atoms with Gasteiger partial charge in [-0.1, -0.05) is 15.9 Å². The number of nitrogens with two attached hydrogens (primary N) is 1. The first kappa shape index (κ1) is 16.5. The fourth-order valence-electron chi connectivity index (χ4n) is 2.41. The second-order valence-corrected chi connectivity index (χ2v) is 6.00. The minimum Gasteiger partial charge on any atom is -0.452 e. The third-order valence-electron chi connectivity index (χ3n) is 3.56. The van der Waals surface area contributed by atoms with Crippen LogP contribution in [0.25, 0.3) is 0 Å². The lowest BCUT2D eigenvalue weighted by molar-refractivity contribution is -0.143. The van der Waals surface area contributed by atoms with Crippen LogP contribution in [0.2, 0.25) is 0 Å². The normalized spacial score (nSPS) is 17.9. The number of amides is 2. The molecule has 0 aromatic heterocycles. The van der Waals surface area contributed by atoms with Crippen LogP contribution < -0.4 is 5.73 Å². The molecule has 118 valence electrons. The van der Waals surface area contributed by atoms with E-state index >= 15 is 0 Å². The number of esters is 1. The van der Waals surface area contributed by atoms with Crippen molar-refractivity contribution in [1.29, 1.82) is 0 Å². The maximum absolute atomic E-state index is 12.1. The van der Waals surface area contributed by atoms with E-state index in [1.165, 1.54) is 4.90 Å². The highest BCUT2D eigenvalue weighted by Gasteiger charge is 2.30. The number of nitrogens with zero attached hydrogens (tertiary/aromatic N) is 1. The topological polar surface area (TPSA) is 89.7 Å². The third kappa shape index (κ3) is 4.07. The molecule has 6 nitrogen and oxygen atoms in total. The number of halogens is 1. The van der Waals surface area contributed by atoms with Crippen molar-refractivity contribution < 1.29 is 19.1 Å². The fourth-order valence-corrected chi connectivity index (χ4v) is 2.67. The fraction of sp³-hybridized carbons (Fsp3) is 0.400. The Morgan fingerprint density at radius 2 is 1.91 bits per heavy atom. The van der Waals surface area contributed by atoms with Gasteiger partial charge in [0, 0.05) is 11.0 Å². The number of carbonyl (C=O) groups excluding carboxylic acids is 3. The summed E-state index contributed by atoms with van der Waals surface area (Å²) in [6.45, 7) is 0.0704. The van der Waals surface area contributed by atoms with Crippen LogP contribution in [0.4, 0.5) is 0 Å². The molecule has 0 spiro atoms. The number of benzene rings is 1. The highest BCUT2D eigenvalue weighted by atomic mass is 79.9. The van der Waals surface area contributed by atoms with Gasteiger partial charge in [0.2, 0.25) is 5.91 Å². The largest absolute Gasteiger partial charge is 0.452 e. The summed E-state index contributed by atoms with van der Waals surface area (Å²) >= 11 is 3.27. The summed E-state index contributed by atoms with van der Waals surface area (Å²) in [6, 6.07) is 6.03. The van der Waals surface area contributed by atoms with E-state index in [1.54, 1.807) is 24.3 Å². The predicted molar refractivity (Wildman–Crippen MR) is 83.0 cm³/mol. The predicted octanol–water partition coefficient (Wildman–Crippen LogP) is 1.47. The summed E-state index contributed by atoms with van der Waals surface area (Å²) in [5.74, 6) is -1.49. The molecule has 0 radical (unpaired) electrons. The molecular formula is C15H17BrN2O4. The van der Waals surface area contributed by atoms with Gasteiger partial charge >= 0.3 is 5.97 Å². The van der Waals surface area contributed by atoms with E-state index in [0.29, 0.717) is 18.5 Å². The summed E-state index contributed by atoms with van der Waals surface area (Å²) < 4.78 is 5.86. The summed E-state index contributed by atoms with van der Waals surface area (Å²) in [5.41, 5.74) is 5.67. The highest BCUT2D eigenvalue weighted by Crippen LogP contribution is 2.17. The van der Waals surface area contributed by atoms with Crippen molar-refractivity contribution in [2.75, 3.05) is 13.2 Å². The molecule has 1 saturated heterocycles. The second kappa shape index (κ2) is 7.40. The second-order valence-electron chi connectivity index (χ2n) is 5.08. The number of rotatable bonds is 4. The number of piperidine rings is 1. The Bertz CT molecular complexity index is 573. The van der Waals surface area contributed by atoms with Gasteiger partial charge in [-0.15, -0.1) is 0 Å². The van der Waals surface area contributed by atoms with E-state index in [0.717, 1.165) is 17.3 Å². The number of ether oxygens (including phenoxy) is 1. The molecule has 0 bridgehead atoms. The standard InChI is InChI=1S/C15H17BrN2O4/c16-11-6-4-10(5-7-11)15(21)22-9-13(19)18-8-2-1-3-12(18)14(17)20/h4-7,12H,1-3,8-9H2,(H2,17,20)/t12-/m0/s1. The summed E-state index contributed by atoms with van der Waals surface area (Å²) in [6.07, 6.45) is 2.23. The zero-order valence-corrected chi connectivity index (χ0v) is 13.5. The van der Waals surface area contributed by atoms with E-state index in [9.17, 15) is 14.4 Å². The molecule has 0 unspecified atom stereocenters. The average molecular weight is 369 g/mol. The van der Waals surface area contributed by atoms with Crippen molar-refractivity contribution in [2.45, 2.75) is 25.3 Å². The molecule has 1 heterocycles. The number of likely N-dealkylation sites (tertiary alicyclic amines) is 1. The number of primary amides is 1. The summed E-state index contributed by atoms with van der Waals surface area (Å²) in [5, 5.41) is 0. The van der Waals surface area contributed by atoms with Gasteiger partial charge in [0.15, 0.2) is 6.61 Å². The Kier molecular flexibility index (Phi) is 5.54. The quantitative estimate of drug-likeness (QED) is 0.814. The van der Waals surface area contributed by atoms with Gasteiger partial charge in [-0.2, -0.15) is 0 Å². The first-order valence-electron chi connectivity index (χ1n) is 7.00. The van der Waals surface area contributed by atoms with Gasteiger partial charge in [0.05, 0.1) is 5.56 Å². The van der Waals surface area contributed by atoms with Crippen LogP contribution in [0.5, 0.6) is 0 Å². The molecule has 2 rings (SSSR count). The van der Waals surface area contributed by atoms with Gasteiger partial charge < -0.3 is 15.4 Å². The van der Waals surface area contributed by atoms with E-state index in [2.05, 4.69) is 15.9 Å². The average Bonchev–Trinajstić information content (AvgIpc) is 2.53. The monoisotopic (exact) mass is 368 g/mol. The van der Waals surface area contributed by atoms with Crippen molar-refractivity contribution in [3.8, 4) is 0 Å². The lowest BCUT2D eigenvalue weighted by Gasteiger charge is -2.33. The zero-order chi connectivity index (χ0) is 16.1. The third-order valence-corrected chi connectivity index (χ3v) is 4.09. The van der Waals surface area contributed by atoms with Crippen molar-refractivity contribution in [2.24, 2.45) is 5.73 Å². The number of hydrogen-bond acceptors (Lipinski definition) is 4. The summed E-state index contributed by atoms with van der Waals surface area (Å²) in [4.78, 5) is 36.8.